The molecule has 21 heavy (non-hydrogen) atoms. The molecule has 124 valence electrons. The van der Waals surface area contributed by atoms with E-state index in [0.29, 0.717) is 5.41 Å². The standard InChI is InChI=1S/C18H36N2O/c1-18(2,3)16-6-4-7-17(9-8-16)19-10-5-11-20-12-14-21-15-13-20/h16-17,19H,4-15H2,1-3H3. The van der Waals surface area contributed by atoms with Crippen molar-refractivity contribution >= 4 is 0 Å². The third-order valence-corrected chi connectivity index (χ3v) is 5.38. The van der Waals surface area contributed by atoms with Crippen LogP contribution in [0.1, 0.15) is 59.3 Å². The van der Waals surface area contributed by atoms with Crippen molar-refractivity contribution in [3.63, 3.8) is 0 Å². The molecule has 0 aromatic rings. The van der Waals surface area contributed by atoms with Gasteiger partial charge in [0.1, 0.15) is 0 Å². The summed E-state index contributed by atoms with van der Waals surface area (Å²) in [7, 11) is 0. The maximum absolute atomic E-state index is 5.40. The van der Waals surface area contributed by atoms with Crippen molar-refractivity contribution in [1.82, 2.24) is 10.2 Å². The third-order valence-electron chi connectivity index (χ3n) is 5.38. The highest BCUT2D eigenvalue weighted by atomic mass is 16.5. The molecule has 0 aromatic carbocycles. The molecule has 0 aromatic heterocycles. The number of rotatable bonds is 5. The van der Waals surface area contributed by atoms with Gasteiger partial charge < -0.3 is 10.1 Å². The Morgan fingerprint density at radius 1 is 1.05 bits per heavy atom. The number of nitrogens with one attached hydrogen (secondary N) is 1. The molecule has 1 aliphatic carbocycles. The monoisotopic (exact) mass is 296 g/mol. The fourth-order valence-corrected chi connectivity index (χ4v) is 3.81. The topological polar surface area (TPSA) is 24.5 Å². The summed E-state index contributed by atoms with van der Waals surface area (Å²) in [5, 5.41) is 3.82. The molecule has 1 heterocycles. The van der Waals surface area contributed by atoms with Gasteiger partial charge >= 0.3 is 0 Å². The minimum absolute atomic E-state index is 0.491. The second kappa shape index (κ2) is 8.50. The van der Waals surface area contributed by atoms with Crippen LogP contribution in [-0.4, -0.2) is 50.3 Å². The normalized spacial score (nSPS) is 29.3. The van der Waals surface area contributed by atoms with E-state index in [1.807, 2.05) is 0 Å². The van der Waals surface area contributed by atoms with E-state index in [1.54, 1.807) is 0 Å². The predicted molar refractivity (Wildman–Crippen MR) is 89.7 cm³/mol. The number of hydrogen-bond donors (Lipinski definition) is 1. The Balaban J connectivity index is 1.58. The quantitative estimate of drug-likeness (QED) is 0.622. The third kappa shape index (κ3) is 6.25. The van der Waals surface area contributed by atoms with Crippen molar-refractivity contribution in [3.05, 3.63) is 0 Å². The summed E-state index contributed by atoms with van der Waals surface area (Å²) in [5.74, 6) is 0.914. The van der Waals surface area contributed by atoms with Gasteiger partial charge in [0.2, 0.25) is 0 Å². The lowest BCUT2D eigenvalue weighted by atomic mass is 9.76. The number of nitrogens with zero attached hydrogens (tertiary/aromatic N) is 1. The van der Waals surface area contributed by atoms with Gasteiger partial charge in [0, 0.05) is 19.1 Å². The van der Waals surface area contributed by atoms with Crippen LogP contribution in [0.25, 0.3) is 0 Å². The molecule has 0 bridgehead atoms. The zero-order valence-corrected chi connectivity index (χ0v) is 14.5. The minimum atomic E-state index is 0.491. The first-order valence-corrected chi connectivity index (χ1v) is 9.09. The molecule has 0 radical (unpaired) electrons. The Bertz CT molecular complexity index is 281. The number of hydrogen-bond acceptors (Lipinski definition) is 3. The van der Waals surface area contributed by atoms with E-state index < -0.39 is 0 Å². The van der Waals surface area contributed by atoms with Crippen LogP contribution >= 0.6 is 0 Å². The van der Waals surface area contributed by atoms with E-state index in [1.165, 1.54) is 51.6 Å². The molecule has 1 saturated carbocycles. The largest absolute Gasteiger partial charge is 0.379 e. The van der Waals surface area contributed by atoms with Crippen molar-refractivity contribution in [2.45, 2.75) is 65.3 Å². The van der Waals surface area contributed by atoms with Crippen LogP contribution in [0.3, 0.4) is 0 Å². The van der Waals surface area contributed by atoms with Gasteiger partial charge in [0.25, 0.3) is 0 Å². The summed E-state index contributed by atoms with van der Waals surface area (Å²) in [4.78, 5) is 2.54. The molecule has 2 aliphatic rings. The van der Waals surface area contributed by atoms with Crippen molar-refractivity contribution < 1.29 is 4.74 Å². The fourth-order valence-electron chi connectivity index (χ4n) is 3.81. The molecular formula is C18H36N2O. The Labute approximate surface area is 131 Å². The molecule has 0 amide bonds. The van der Waals surface area contributed by atoms with Gasteiger partial charge in [0.05, 0.1) is 13.2 Å². The molecule has 3 heteroatoms. The van der Waals surface area contributed by atoms with Crippen LogP contribution in [0.15, 0.2) is 0 Å². The van der Waals surface area contributed by atoms with Crippen LogP contribution < -0.4 is 5.32 Å². The summed E-state index contributed by atoms with van der Waals surface area (Å²) in [6, 6.07) is 0.766. The highest BCUT2D eigenvalue weighted by Gasteiger charge is 2.27. The Morgan fingerprint density at radius 3 is 2.52 bits per heavy atom. The Kier molecular flexibility index (Phi) is 6.97. The minimum Gasteiger partial charge on any atom is -0.379 e. The lowest BCUT2D eigenvalue weighted by Gasteiger charge is -2.29. The second-order valence-electron chi connectivity index (χ2n) is 8.03. The van der Waals surface area contributed by atoms with Crippen molar-refractivity contribution in [2.24, 2.45) is 11.3 Å². The van der Waals surface area contributed by atoms with Gasteiger partial charge in [-0.2, -0.15) is 0 Å². The van der Waals surface area contributed by atoms with Gasteiger partial charge in [-0.05, 0) is 56.5 Å². The first kappa shape index (κ1) is 17.2. The molecule has 2 fully saturated rings. The van der Waals surface area contributed by atoms with Gasteiger partial charge in [-0.1, -0.05) is 27.2 Å². The second-order valence-corrected chi connectivity index (χ2v) is 8.03. The Hall–Kier alpha value is -0.120. The van der Waals surface area contributed by atoms with Gasteiger partial charge in [-0.25, -0.2) is 0 Å². The van der Waals surface area contributed by atoms with E-state index in [-0.39, 0.29) is 0 Å². The average molecular weight is 296 g/mol. The van der Waals surface area contributed by atoms with E-state index in [4.69, 9.17) is 4.74 Å². The smallest absolute Gasteiger partial charge is 0.0594 e. The first-order chi connectivity index (χ1) is 10.1. The molecule has 2 rings (SSSR count). The average Bonchev–Trinajstić information content (AvgIpc) is 2.70. The summed E-state index contributed by atoms with van der Waals surface area (Å²) in [5.41, 5.74) is 0.491. The van der Waals surface area contributed by atoms with Crippen LogP contribution in [0, 0.1) is 11.3 Å². The number of morpholine rings is 1. The molecule has 2 unspecified atom stereocenters. The lowest BCUT2D eigenvalue weighted by Crippen LogP contribution is -2.38. The highest BCUT2D eigenvalue weighted by Crippen LogP contribution is 2.36. The van der Waals surface area contributed by atoms with Crippen LogP contribution in [0.2, 0.25) is 0 Å². The van der Waals surface area contributed by atoms with E-state index >= 15 is 0 Å². The molecule has 3 nitrogen and oxygen atoms in total. The van der Waals surface area contributed by atoms with Gasteiger partial charge in [-0.15, -0.1) is 0 Å². The van der Waals surface area contributed by atoms with E-state index in [9.17, 15) is 0 Å². The van der Waals surface area contributed by atoms with Crippen LogP contribution in [-0.2, 0) is 4.74 Å². The zero-order valence-electron chi connectivity index (χ0n) is 14.5. The molecule has 1 saturated heterocycles. The maximum atomic E-state index is 5.40. The maximum Gasteiger partial charge on any atom is 0.0594 e. The fraction of sp³-hybridized carbons (Fsp3) is 1.00. The molecule has 0 spiro atoms. The Morgan fingerprint density at radius 2 is 1.81 bits per heavy atom. The SMILES string of the molecule is CC(C)(C)C1CCCC(NCCCN2CCOCC2)CC1. The zero-order chi connectivity index (χ0) is 15.1. The molecule has 1 N–H and O–H groups in total. The summed E-state index contributed by atoms with van der Waals surface area (Å²) >= 11 is 0. The van der Waals surface area contributed by atoms with E-state index in [2.05, 4.69) is 31.0 Å². The van der Waals surface area contributed by atoms with Gasteiger partial charge in [0.15, 0.2) is 0 Å². The molecule has 1 aliphatic heterocycles. The first-order valence-electron chi connectivity index (χ1n) is 9.09. The lowest BCUT2D eigenvalue weighted by molar-refractivity contribution is 0.0373. The van der Waals surface area contributed by atoms with Crippen molar-refractivity contribution in [1.29, 1.82) is 0 Å². The summed E-state index contributed by atoms with van der Waals surface area (Å²) < 4.78 is 5.40. The highest BCUT2D eigenvalue weighted by molar-refractivity contribution is 4.81. The van der Waals surface area contributed by atoms with Crippen LogP contribution in [0.4, 0.5) is 0 Å². The molecular weight excluding hydrogens is 260 g/mol. The van der Waals surface area contributed by atoms with E-state index in [0.717, 1.165) is 38.3 Å². The molecule has 2 atom stereocenters. The summed E-state index contributed by atoms with van der Waals surface area (Å²) in [6.45, 7) is 13.7. The van der Waals surface area contributed by atoms with Gasteiger partial charge in [-0.3, -0.25) is 4.90 Å². The predicted octanol–water partition coefficient (Wildman–Crippen LogP) is 3.29. The van der Waals surface area contributed by atoms with Crippen molar-refractivity contribution in [3.8, 4) is 0 Å². The number of ether oxygens (including phenoxy) is 1. The summed E-state index contributed by atoms with van der Waals surface area (Å²) in [6.07, 6.45) is 8.27. The van der Waals surface area contributed by atoms with Crippen LogP contribution in [0.5, 0.6) is 0 Å². The van der Waals surface area contributed by atoms with Crippen molar-refractivity contribution in [2.75, 3.05) is 39.4 Å².